The third-order valence-electron chi connectivity index (χ3n) is 1.99. The van der Waals surface area contributed by atoms with Crippen LogP contribution in [0.1, 0.15) is 16.8 Å². The summed E-state index contributed by atoms with van der Waals surface area (Å²) < 4.78 is 12.9. The molecule has 0 saturated carbocycles. The second kappa shape index (κ2) is 5.78. The molecule has 0 aromatic carbocycles. The van der Waals surface area contributed by atoms with Crippen LogP contribution in [0.2, 0.25) is 0 Å². The maximum Gasteiger partial charge on any atom is 0.255 e. The van der Waals surface area contributed by atoms with Crippen LogP contribution in [0, 0.1) is 5.82 Å². The Balaban J connectivity index is 2.73. The number of carbonyl (C=O) groups is 2. The van der Waals surface area contributed by atoms with Crippen molar-refractivity contribution >= 4 is 17.6 Å². The van der Waals surface area contributed by atoms with Crippen LogP contribution in [0.25, 0.3) is 0 Å². The van der Waals surface area contributed by atoms with Gasteiger partial charge in [0.25, 0.3) is 5.91 Å². The topological polar surface area (TPSA) is 97.1 Å². The first-order valence-corrected chi connectivity index (χ1v) is 4.94. The van der Waals surface area contributed by atoms with Gasteiger partial charge in [-0.25, -0.2) is 9.37 Å². The van der Waals surface area contributed by atoms with E-state index < -0.39 is 17.6 Å². The number of hydrogen-bond donors (Lipinski definition) is 3. The predicted molar refractivity (Wildman–Crippen MR) is 59.9 cm³/mol. The van der Waals surface area contributed by atoms with Crippen LogP contribution in [0.15, 0.2) is 12.3 Å². The number of hydrogen-bond acceptors (Lipinski definition) is 4. The highest BCUT2D eigenvalue weighted by atomic mass is 19.1. The van der Waals surface area contributed by atoms with Crippen molar-refractivity contribution in [1.82, 2.24) is 10.3 Å². The molecule has 0 radical (unpaired) electrons. The fraction of sp³-hybridized carbons (Fsp3) is 0.300. The molecule has 2 amide bonds. The Labute approximate surface area is 97.4 Å². The van der Waals surface area contributed by atoms with Gasteiger partial charge in [0.15, 0.2) is 0 Å². The van der Waals surface area contributed by atoms with E-state index in [9.17, 15) is 14.0 Å². The second-order valence-corrected chi connectivity index (χ2v) is 3.27. The number of primary amides is 1. The zero-order chi connectivity index (χ0) is 12.8. The highest BCUT2D eigenvalue weighted by Crippen LogP contribution is 2.12. The number of pyridine rings is 1. The first-order chi connectivity index (χ1) is 8.04. The lowest BCUT2D eigenvalue weighted by Crippen LogP contribution is -2.28. The largest absolute Gasteiger partial charge is 0.372 e. The molecule has 0 aliphatic rings. The zero-order valence-corrected chi connectivity index (χ0v) is 9.29. The minimum atomic E-state index is -0.607. The van der Waals surface area contributed by atoms with Gasteiger partial charge in [-0.05, 0) is 6.07 Å². The quantitative estimate of drug-likeness (QED) is 0.667. The number of rotatable bonds is 5. The van der Waals surface area contributed by atoms with Gasteiger partial charge >= 0.3 is 0 Å². The molecule has 7 heteroatoms. The van der Waals surface area contributed by atoms with E-state index in [0.29, 0.717) is 0 Å². The molecule has 6 nitrogen and oxygen atoms in total. The van der Waals surface area contributed by atoms with Crippen molar-refractivity contribution in [1.29, 1.82) is 0 Å². The van der Waals surface area contributed by atoms with Gasteiger partial charge in [-0.1, -0.05) is 0 Å². The highest BCUT2D eigenvalue weighted by Gasteiger charge is 2.12. The maximum absolute atomic E-state index is 12.9. The van der Waals surface area contributed by atoms with Gasteiger partial charge in [0, 0.05) is 20.0 Å². The van der Waals surface area contributed by atoms with Crippen molar-refractivity contribution in [3.8, 4) is 0 Å². The molecule has 0 aliphatic heterocycles. The third-order valence-corrected chi connectivity index (χ3v) is 1.99. The molecule has 0 unspecified atom stereocenters. The summed E-state index contributed by atoms with van der Waals surface area (Å²) >= 11 is 0. The lowest BCUT2D eigenvalue weighted by Gasteiger charge is -2.08. The van der Waals surface area contributed by atoms with Crippen LogP contribution in [0.3, 0.4) is 0 Å². The van der Waals surface area contributed by atoms with E-state index in [2.05, 4.69) is 15.6 Å². The Bertz CT molecular complexity index is 436. The van der Waals surface area contributed by atoms with E-state index in [0.717, 1.165) is 12.3 Å². The van der Waals surface area contributed by atoms with Crippen molar-refractivity contribution in [3.63, 3.8) is 0 Å². The summed E-state index contributed by atoms with van der Waals surface area (Å²) in [7, 11) is 1.57. The Hall–Kier alpha value is -2.18. The minimum absolute atomic E-state index is 0.0311. The first kappa shape index (κ1) is 12.9. The van der Waals surface area contributed by atoms with Crippen molar-refractivity contribution in [3.05, 3.63) is 23.6 Å². The average Bonchev–Trinajstić information content (AvgIpc) is 2.28. The van der Waals surface area contributed by atoms with Crippen LogP contribution in [-0.2, 0) is 4.79 Å². The normalized spacial score (nSPS) is 9.76. The summed E-state index contributed by atoms with van der Waals surface area (Å²) in [5.74, 6) is -1.37. The molecule has 1 heterocycles. The molecule has 0 bridgehead atoms. The Morgan fingerprint density at radius 2 is 2.24 bits per heavy atom. The van der Waals surface area contributed by atoms with Crippen LogP contribution >= 0.6 is 0 Å². The van der Waals surface area contributed by atoms with E-state index in [-0.39, 0.29) is 24.3 Å². The van der Waals surface area contributed by atoms with E-state index in [1.54, 1.807) is 7.05 Å². The van der Waals surface area contributed by atoms with Crippen molar-refractivity contribution < 1.29 is 14.0 Å². The summed E-state index contributed by atoms with van der Waals surface area (Å²) in [6.45, 7) is 0.105. The van der Waals surface area contributed by atoms with Gasteiger partial charge in [0.05, 0.1) is 11.8 Å². The molecule has 0 atom stereocenters. The fourth-order valence-electron chi connectivity index (χ4n) is 1.21. The molecule has 0 spiro atoms. The summed E-state index contributed by atoms with van der Waals surface area (Å²) in [5.41, 5.74) is 5.00. The molecule has 1 aromatic heterocycles. The Morgan fingerprint density at radius 1 is 1.53 bits per heavy atom. The van der Waals surface area contributed by atoms with E-state index >= 15 is 0 Å². The van der Waals surface area contributed by atoms with Crippen LogP contribution in [-0.4, -0.2) is 30.4 Å². The number of anilines is 1. The molecule has 4 N–H and O–H groups in total. The molecule has 0 fully saturated rings. The van der Waals surface area contributed by atoms with Crippen molar-refractivity contribution in [2.45, 2.75) is 6.42 Å². The molecule has 92 valence electrons. The standard InChI is InChI=1S/C10H13FN4O2/c1-13-9-7(4-6(11)5-15-9)10(17)14-3-2-8(12)16/h4-5H,2-3H2,1H3,(H2,12,16)(H,13,15)(H,14,17). The number of carbonyl (C=O) groups excluding carboxylic acids is 2. The predicted octanol–water partition coefficient (Wildman–Crippen LogP) is -0.132. The van der Waals surface area contributed by atoms with Crippen LogP contribution in [0.4, 0.5) is 10.2 Å². The summed E-state index contributed by atoms with van der Waals surface area (Å²) in [5, 5.41) is 5.12. The minimum Gasteiger partial charge on any atom is -0.372 e. The molecule has 0 saturated heterocycles. The lowest BCUT2D eigenvalue weighted by molar-refractivity contribution is -0.117. The molecule has 17 heavy (non-hydrogen) atoms. The fourth-order valence-corrected chi connectivity index (χ4v) is 1.21. The first-order valence-electron chi connectivity index (χ1n) is 4.94. The second-order valence-electron chi connectivity index (χ2n) is 3.27. The van der Waals surface area contributed by atoms with Gasteiger partial charge in [-0.3, -0.25) is 9.59 Å². The number of nitrogens with two attached hydrogens (primary N) is 1. The average molecular weight is 240 g/mol. The smallest absolute Gasteiger partial charge is 0.255 e. The number of nitrogens with zero attached hydrogens (tertiary/aromatic N) is 1. The van der Waals surface area contributed by atoms with Crippen LogP contribution in [0.5, 0.6) is 0 Å². The van der Waals surface area contributed by atoms with Gasteiger partial charge in [0.2, 0.25) is 5.91 Å². The summed E-state index contributed by atoms with van der Waals surface area (Å²) in [6, 6.07) is 1.07. The van der Waals surface area contributed by atoms with Crippen LogP contribution < -0.4 is 16.4 Å². The number of aromatic nitrogens is 1. The van der Waals surface area contributed by atoms with Gasteiger partial charge in [0.1, 0.15) is 11.6 Å². The van der Waals surface area contributed by atoms with E-state index in [4.69, 9.17) is 5.73 Å². The van der Waals surface area contributed by atoms with Gasteiger partial charge < -0.3 is 16.4 Å². The summed E-state index contributed by atoms with van der Waals surface area (Å²) in [4.78, 5) is 25.9. The van der Waals surface area contributed by atoms with E-state index in [1.807, 2.05) is 0 Å². The molecule has 1 aromatic rings. The van der Waals surface area contributed by atoms with Crippen molar-refractivity contribution in [2.24, 2.45) is 5.73 Å². The Kier molecular flexibility index (Phi) is 4.38. The van der Waals surface area contributed by atoms with E-state index in [1.165, 1.54) is 0 Å². The van der Waals surface area contributed by atoms with Crippen molar-refractivity contribution in [2.75, 3.05) is 18.9 Å². The monoisotopic (exact) mass is 240 g/mol. The number of amides is 2. The third kappa shape index (κ3) is 3.71. The van der Waals surface area contributed by atoms with Gasteiger partial charge in [-0.15, -0.1) is 0 Å². The lowest BCUT2D eigenvalue weighted by atomic mass is 10.2. The highest BCUT2D eigenvalue weighted by molar-refractivity contribution is 5.98. The SMILES string of the molecule is CNc1ncc(F)cc1C(=O)NCCC(N)=O. The maximum atomic E-state index is 12.9. The number of halogens is 1. The molecular weight excluding hydrogens is 227 g/mol. The molecule has 1 rings (SSSR count). The molecular formula is C10H13FN4O2. The van der Waals surface area contributed by atoms with Gasteiger partial charge in [-0.2, -0.15) is 0 Å². The molecule has 0 aliphatic carbocycles. The number of nitrogens with one attached hydrogen (secondary N) is 2. The summed E-state index contributed by atoms with van der Waals surface area (Å²) in [6.07, 6.45) is 1.04. The zero-order valence-electron chi connectivity index (χ0n) is 9.29. The Morgan fingerprint density at radius 3 is 2.82 bits per heavy atom.